The van der Waals surface area contributed by atoms with E-state index < -0.39 is 0 Å². The monoisotopic (exact) mass is 269 g/mol. The zero-order chi connectivity index (χ0) is 14.3. The van der Waals surface area contributed by atoms with Crippen molar-refractivity contribution in [2.24, 2.45) is 5.41 Å². The molecule has 0 aromatic carbocycles. The van der Waals surface area contributed by atoms with Gasteiger partial charge in [0, 0.05) is 31.7 Å². The highest BCUT2D eigenvalue weighted by molar-refractivity contribution is 5.45. The third-order valence-corrected chi connectivity index (χ3v) is 4.13. The van der Waals surface area contributed by atoms with Crippen LogP contribution in [0.2, 0.25) is 0 Å². The first-order valence-electron chi connectivity index (χ1n) is 7.63. The van der Waals surface area contributed by atoms with Crippen LogP contribution in [0.3, 0.4) is 0 Å². The molecule has 1 aliphatic heterocycles. The molecular weight excluding hydrogens is 238 g/mol. The summed E-state index contributed by atoms with van der Waals surface area (Å²) in [5.41, 5.74) is 0.430. The van der Waals surface area contributed by atoms with Gasteiger partial charge >= 0.3 is 0 Å². The van der Waals surface area contributed by atoms with Gasteiger partial charge in [-0.15, -0.1) is 0 Å². The van der Waals surface area contributed by atoms with E-state index in [0.717, 1.165) is 25.9 Å². The maximum atomic E-state index is 10.4. The van der Waals surface area contributed by atoms with Gasteiger partial charge in [-0.1, -0.05) is 13.8 Å². The summed E-state index contributed by atoms with van der Waals surface area (Å²) in [7, 11) is 0. The normalized spacial score (nSPS) is 18.6. The van der Waals surface area contributed by atoms with Crippen molar-refractivity contribution in [3.63, 3.8) is 0 Å². The van der Waals surface area contributed by atoms with Gasteiger partial charge in [0.2, 0.25) is 6.41 Å². The Hall–Kier alpha value is -0.610. The first kappa shape index (κ1) is 16.4. The van der Waals surface area contributed by atoms with Crippen molar-refractivity contribution >= 4 is 6.41 Å². The highest BCUT2D eigenvalue weighted by atomic mass is 16.1. The Morgan fingerprint density at radius 1 is 1.16 bits per heavy atom. The van der Waals surface area contributed by atoms with Crippen LogP contribution in [0.15, 0.2) is 0 Å². The van der Waals surface area contributed by atoms with Gasteiger partial charge in [-0.05, 0) is 45.1 Å². The lowest BCUT2D eigenvalue weighted by molar-refractivity contribution is -0.109. The molecule has 1 fully saturated rings. The molecule has 19 heavy (non-hydrogen) atoms. The Bertz CT molecular complexity index is 260. The van der Waals surface area contributed by atoms with Gasteiger partial charge < -0.3 is 10.6 Å². The van der Waals surface area contributed by atoms with E-state index in [4.69, 9.17) is 0 Å². The van der Waals surface area contributed by atoms with Crippen molar-refractivity contribution in [2.45, 2.75) is 59.0 Å². The Balaban J connectivity index is 2.32. The number of amides is 1. The predicted molar refractivity (Wildman–Crippen MR) is 80.2 cm³/mol. The summed E-state index contributed by atoms with van der Waals surface area (Å²) in [6.07, 6.45) is 4.41. The summed E-state index contributed by atoms with van der Waals surface area (Å²) in [6.45, 7) is 13.2. The lowest BCUT2D eigenvalue weighted by Gasteiger charge is -2.53. The fourth-order valence-corrected chi connectivity index (χ4v) is 2.87. The van der Waals surface area contributed by atoms with Gasteiger partial charge in [-0.25, -0.2) is 0 Å². The second-order valence-corrected chi connectivity index (χ2v) is 6.53. The summed E-state index contributed by atoms with van der Waals surface area (Å²) in [5, 5.41) is 6.29. The molecule has 112 valence electrons. The molecule has 1 amide bonds. The fourth-order valence-electron chi connectivity index (χ4n) is 2.87. The van der Waals surface area contributed by atoms with Crippen LogP contribution in [0.25, 0.3) is 0 Å². The average Bonchev–Trinajstić information content (AvgIpc) is 2.29. The molecule has 0 aromatic rings. The zero-order valence-corrected chi connectivity index (χ0v) is 13.0. The number of likely N-dealkylation sites (tertiary alicyclic amines) is 1. The molecule has 1 heterocycles. The van der Waals surface area contributed by atoms with E-state index in [1.165, 1.54) is 25.9 Å². The number of rotatable bonds is 10. The molecule has 1 saturated heterocycles. The number of hydrogen-bond acceptors (Lipinski definition) is 3. The molecule has 0 aliphatic carbocycles. The third kappa shape index (κ3) is 5.49. The minimum Gasteiger partial charge on any atom is -0.359 e. The number of carbonyl (C=O) groups is 1. The fraction of sp³-hybridized carbons (Fsp3) is 0.933. The molecule has 0 unspecified atom stereocenters. The quantitative estimate of drug-likeness (QED) is 0.468. The van der Waals surface area contributed by atoms with Crippen LogP contribution in [-0.4, -0.2) is 49.6 Å². The summed E-state index contributed by atoms with van der Waals surface area (Å²) < 4.78 is 0. The van der Waals surface area contributed by atoms with Crippen LogP contribution in [0.5, 0.6) is 0 Å². The van der Waals surface area contributed by atoms with Crippen LogP contribution in [0.1, 0.15) is 47.0 Å². The summed E-state index contributed by atoms with van der Waals surface area (Å²) >= 11 is 0. The molecule has 1 aliphatic rings. The minimum atomic E-state index is 0.430. The maximum Gasteiger partial charge on any atom is 0.207 e. The number of hydrogen-bond donors (Lipinski definition) is 2. The Labute approximate surface area is 118 Å². The van der Waals surface area contributed by atoms with Crippen molar-refractivity contribution < 1.29 is 4.79 Å². The molecule has 4 nitrogen and oxygen atoms in total. The molecular formula is C15H31N3O. The SMILES string of the molecule is CC(C)NCCCC1(CCNC=O)CN(C(C)C)C1. The molecule has 4 heteroatoms. The molecule has 0 bridgehead atoms. The van der Waals surface area contributed by atoms with Crippen molar-refractivity contribution in [3.05, 3.63) is 0 Å². The van der Waals surface area contributed by atoms with Crippen LogP contribution in [0.4, 0.5) is 0 Å². The predicted octanol–water partition coefficient (Wildman–Crippen LogP) is 1.61. The van der Waals surface area contributed by atoms with E-state index in [1.54, 1.807) is 0 Å². The van der Waals surface area contributed by atoms with Gasteiger partial charge in [-0.2, -0.15) is 0 Å². The van der Waals surface area contributed by atoms with Crippen LogP contribution in [0, 0.1) is 5.41 Å². The lowest BCUT2D eigenvalue weighted by atomic mass is 9.72. The summed E-state index contributed by atoms with van der Waals surface area (Å²) in [5.74, 6) is 0. The summed E-state index contributed by atoms with van der Waals surface area (Å²) in [4.78, 5) is 12.9. The average molecular weight is 269 g/mol. The Kier molecular flexibility index (Phi) is 6.80. The van der Waals surface area contributed by atoms with Crippen molar-refractivity contribution in [1.29, 1.82) is 0 Å². The lowest BCUT2D eigenvalue weighted by Crippen LogP contribution is -2.59. The first-order valence-corrected chi connectivity index (χ1v) is 7.63. The third-order valence-electron chi connectivity index (χ3n) is 4.13. The van der Waals surface area contributed by atoms with Crippen molar-refractivity contribution in [2.75, 3.05) is 26.2 Å². The van der Waals surface area contributed by atoms with Crippen LogP contribution >= 0.6 is 0 Å². The van der Waals surface area contributed by atoms with E-state index >= 15 is 0 Å². The maximum absolute atomic E-state index is 10.4. The second kappa shape index (κ2) is 7.85. The highest BCUT2D eigenvalue weighted by Crippen LogP contribution is 2.39. The molecule has 0 spiro atoms. The summed E-state index contributed by atoms with van der Waals surface area (Å²) in [6, 6.07) is 1.21. The smallest absolute Gasteiger partial charge is 0.207 e. The first-order chi connectivity index (χ1) is 8.99. The van der Waals surface area contributed by atoms with E-state index in [9.17, 15) is 4.79 Å². The molecule has 0 radical (unpaired) electrons. The highest BCUT2D eigenvalue weighted by Gasteiger charge is 2.42. The Morgan fingerprint density at radius 2 is 1.84 bits per heavy atom. The standard InChI is InChI=1S/C15H31N3O/c1-13(2)17-8-5-6-15(7-9-16-12-19)10-18(11-15)14(3)4/h12-14,17H,5-11H2,1-4H3,(H,16,19). The van der Waals surface area contributed by atoms with Crippen molar-refractivity contribution in [1.82, 2.24) is 15.5 Å². The van der Waals surface area contributed by atoms with E-state index in [-0.39, 0.29) is 0 Å². The number of carbonyl (C=O) groups excluding carboxylic acids is 1. The van der Waals surface area contributed by atoms with E-state index in [1.807, 2.05) is 0 Å². The van der Waals surface area contributed by atoms with Crippen molar-refractivity contribution in [3.8, 4) is 0 Å². The molecule has 0 saturated carbocycles. The topological polar surface area (TPSA) is 44.4 Å². The molecule has 0 atom stereocenters. The minimum absolute atomic E-state index is 0.430. The zero-order valence-electron chi connectivity index (χ0n) is 13.0. The number of nitrogens with zero attached hydrogens (tertiary/aromatic N) is 1. The van der Waals surface area contributed by atoms with Gasteiger partial charge in [0.1, 0.15) is 0 Å². The molecule has 2 N–H and O–H groups in total. The van der Waals surface area contributed by atoms with Crippen LogP contribution in [-0.2, 0) is 4.79 Å². The Morgan fingerprint density at radius 3 is 2.37 bits per heavy atom. The number of nitrogens with one attached hydrogen (secondary N) is 2. The van der Waals surface area contributed by atoms with E-state index in [0.29, 0.717) is 17.5 Å². The van der Waals surface area contributed by atoms with Gasteiger partial charge in [0.25, 0.3) is 0 Å². The van der Waals surface area contributed by atoms with Gasteiger partial charge in [0.05, 0.1) is 0 Å². The largest absolute Gasteiger partial charge is 0.359 e. The molecule has 0 aromatic heterocycles. The second-order valence-electron chi connectivity index (χ2n) is 6.53. The van der Waals surface area contributed by atoms with E-state index in [2.05, 4.69) is 43.2 Å². The van der Waals surface area contributed by atoms with Crippen LogP contribution < -0.4 is 10.6 Å². The molecule has 1 rings (SSSR count). The van der Waals surface area contributed by atoms with Gasteiger partial charge in [0.15, 0.2) is 0 Å². The van der Waals surface area contributed by atoms with Gasteiger partial charge in [-0.3, -0.25) is 9.69 Å².